The van der Waals surface area contributed by atoms with Crippen molar-refractivity contribution in [1.82, 2.24) is 0 Å². The summed E-state index contributed by atoms with van der Waals surface area (Å²) in [6.07, 6.45) is 0. The van der Waals surface area contributed by atoms with Crippen LogP contribution in [0, 0.1) is 0 Å². The Balaban J connectivity index is 1.36. The van der Waals surface area contributed by atoms with Gasteiger partial charge in [0.25, 0.3) is 0 Å². The van der Waals surface area contributed by atoms with Crippen molar-refractivity contribution in [1.29, 1.82) is 0 Å². The normalized spacial score (nSPS) is 10.2. The van der Waals surface area contributed by atoms with Gasteiger partial charge in [-0.15, -0.1) is 0 Å². The van der Waals surface area contributed by atoms with Crippen LogP contribution in [0.15, 0.2) is 72.8 Å². The molecule has 8 nitrogen and oxygen atoms in total. The summed E-state index contributed by atoms with van der Waals surface area (Å²) in [5.41, 5.74) is 1.50. The molecular formula is C24H22O8. The second-order valence-corrected chi connectivity index (χ2v) is 6.65. The van der Waals surface area contributed by atoms with E-state index in [0.29, 0.717) is 0 Å². The Labute approximate surface area is 184 Å². The smallest absolute Gasteiger partial charge is 0.344 e. The van der Waals surface area contributed by atoms with Crippen LogP contribution in [0.2, 0.25) is 0 Å². The van der Waals surface area contributed by atoms with Gasteiger partial charge in [0.15, 0.2) is 36.2 Å². The van der Waals surface area contributed by atoms with Gasteiger partial charge in [0.2, 0.25) is 0 Å². The maximum atomic E-state index is 11.8. The van der Waals surface area contributed by atoms with Crippen molar-refractivity contribution in [2.75, 3.05) is 13.2 Å². The number of benzene rings is 3. The van der Waals surface area contributed by atoms with E-state index in [4.69, 9.17) is 18.9 Å². The molecule has 0 aliphatic rings. The second kappa shape index (κ2) is 11.3. The fraction of sp³-hybridized carbons (Fsp3) is 0.167. The molecule has 3 aromatic carbocycles. The van der Waals surface area contributed by atoms with Gasteiger partial charge in [0.1, 0.15) is 13.2 Å². The summed E-state index contributed by atoms with van der Waals surface area (Å²) in [7, 11) is 0. The van der Waals surface area contributed by atoms with E-state index in [1.165, 1.54) is 12.1 Å². The standard InChI is InChI=1S/C24H22O8/c25-19-5-1-3-7-21(19)29-15-23(27)31-13-17-9-11-18(12-10-17)14-32-24(28)16-30-22-8-4-2-6-20(22)26/h1-12,25-26H,13-16H2. The number of ether oxygens (including phenoxy) is 4. The molecule has 0 spiro atoms. The molecular weight excluding hydrogens is 416 g/mol. The highest BCUT2D eigenvalue weighted by molar-refractivity contribution is 5.71. The monoisotopic (exact) mass is 438 g/mol. The number of esters is 2. The number of phenols is 2. The Bertz CT molecular complexity index is 961. The van der Waals surface area contributed by atoms with E-state index < -0.39 is 11.9 Å². The lowest BCUT2D eigenvalue weighted by atomic mass is 10.1. The van der Waals surface area contributed by atoms with E-state index in [-0.39, 0.29) is 49.4 Å². The SMILES string of the molecule is O=C(COc1ccccc1O)OCc1ccc(COC(=O)COc2ccccc2O)cc1. The van der Waals surface area contributed by atoms with Crippen LogP contribution >= 0.6 is 0 Å². The summed E-state index contributed by atoms with van der Waals surface area (Å²) in [5.74, 6) is -0.849. The Kier molecular flexibility index (Phi) is 7.91. The average molecular weight is 438 g/mol. The zero-order valence-corrected chi connectivity index (χ0v) is 17.1. The first kappa shape index (κ1) is 22.5. The molecule has 32 heavy (non-hydrogen) atoms. The summed E-state index contributed by atoms with van der Waals surface area (Å²) in [6.45, 7) is -0.544. The number of phenolic OH excluding ortho intramolecular Hbond substituents is 2. The van der Waals surface area contributed by atoms with Crippen LogP contribution in [-0.4, -0.2) is 35.4 Å². The third-order valence-electron chi connectivity index (χ3n) is 4.24. The number of aromatic hydroxyl groups is 2. The van der Waals surface area contributed by atoms with Crippen molar-refractivity contribution in [3.05, 3.63) is 83.9 Å². The molecule has 2 N–H and O–H groups in total. The van der Waals surface area contributed by atoms with Crippen molar-refractivity contribution in [3.8, 4) is 23.0 Å². The molecule has 0 aliphatic heterocycles. The fourth-order valence-electron chi connectivity index (χ4n) is 2.57. The number of hydrogen-bond donors (Lipinski definition) is 2. The molecule has 0 bridgehead atoms. The van der Waals surface area contributed by atoms with Crippen molar-refractivity contribution >= 4 is 11.9 Å². The van der Waals surface area contributed by atoms with E-state index >= 15 is 0 Å². The summed E-state index contributed by atoms with van der Waals surface area (Å²) in [5, 5.41) is 19.2. The maximum absolute atomic E-state index is 11.8. The van der Waals surface area contributed by atoms with E-state index in [0.717, 1.165) is 11.1 Å². The number of para-hydroxylation sites is 4. The summed E-state index contributed by atoms with van der Waals surface area (Å²) in [6, 6.07) is 19.7. The van der Waals surface area contributed by atoms with Gasteiger partial charge in [0.05, 0.1) is 0 Å². The van der Waals surface area contributed by atoms with Gasteiger partial charge < -0.3 is 29.2 Å². The van der Waals surface area contributed by atoms with Gasteiger partial charge >= 0.3 is 11.9 Å². The van der Waals surface area contributed by atoms with E-state index in [1.807, 2.05) is 0 Å². The molecule has 0 aromatic heterocycles. The Hall–Kier alpha value is -4.20. The number of carbonyl (C=O) groups is 2. The fourth-order valence-corrected chi connectivity index (χ4v) is 2.57. The molecule has 0 amide bonds. The minimum absolute atomic E-state index is 0.0530. The van der Waals surface area contributed by atoms with Crippen LogP contribution < -0.4 is 9.47 Å². The first-order valence-electron chi connectivity index (χ1n) is 9.72. The molecule has 0 heterocycles. The van der Waals surface area contributed by atoms with Gasteiger partial charge in [0, 0.05) is 0 Å². The van der Waals surface area contributed by atoms with Crippen LogP contribution in [-0.2, 0) is 32.3 Å². The van der Waals surface area contributed by atoms with Crippen molar-refractivity contribution in [2.45, 2.75) is 13.2 Å². The molecule has 3 aromatic rings. The summed E-state index contributed by atoms with van der Waals surface area (Å²) < 4.78 is 20.7. The Morgan fingerprint density at radius 2 is 0.969 bits per heavy atom. The minimum atomic E-state index is -0.573. The van der Waals surface area contributed by atoms with Crippen LogP contribution in [0.25, 0.3) is 0 Å². The van der Waals surface area contributed by atoms with Crippen LogP contribution in [0.5, 0.6) is 23.0 Å². The summed E-state index contributed by atoms with van der Waals surface area (Å²) in [4.78, 5) is 23.6. The lowest BCUT2D eigenvalue weighted by Gasteiger charge is -2.09. The third kappa shape index (κ3) is 6.94. The highest BCUT2D eigenvalue weighted by Gasteiger charge is 2.09. The van der Waals surface area contributed by atoms with Gasteiger partial charge in [-0.25, -0.2) is 9.59 Å². The Morgan fingerprint density at radius 1 is 0.594 bits per heavy atom. The predicted octanol–water partition coefficient (Wildman–Crippen LogP) is 3.34. The predicted molar refractivity (Wildman–Crippen MR) is 113 cm³/mol. The molecule has 0 atom stereocenters. The zero-order chi connectivity index (χ0) is 22.8. The Morgan fingerprint density at radius 3 is 1.34 bits per heavy atom. The van der Waals surface area contributed by atoms with E-state index in [2.05, 4.69) is 0 Å². The third-order valence-corrected chi connectivity index (χ3v) is 4.24. The maximum Gasteiger partial charge on any atom is 0.344 e. The molecule has 0 fully saturated rings. The summed E-state index contributed by atoms with van der Waals surface area (Å²) >= 11 is 0. The van der Waals surface area contributed by atoms with Gasteiger partial charge in [-0.3, -0.25) is 0 Å². The highest BCUT2D eigenvalue weighted by atomic mass is 16.6. The zero-order valence-electron chi connectivity index (χ0n) is 17.1. The molecule has 3 rings (SSSR count). The molecule has 0 radical (unpaired) electrons. The quantitative estimate of drug-likeness (QED) is 0.464. The topological polar surface area (TPSA) is 112 Å². The molecule has 0 saturated carbocycles. The van der Waals surface area contributed by atoms with Gasteiger partial charge in [-0.1, -0.05) is 48.5 Å². The van der Waals surface area contributed by atoms with E-state index in [9.17, 15) is 19.8 Å². The molecule has 0 unspecified atom stereocenters. The lowest BCUT2D eigenvalue weighted by molar-refractivity contribution is -0.148. The number of rotatable bonds is 10. The molecule has 0 saturated heterocycles. The van der Waals surface area contributed by atoms with Crippen molar-refractivity contribution in [2.24, 2.45) is 0 Å². The largest absolute Gasteiger partial charge is 0.504 e. The number of carbonyl (C=O) groups excluding carboxylic acids is 2. The van der Waals surface area contributed by atoms with E-state index in [1.54, 1.807) is 60.7 Å². The highest BCUT2D eigenvalue weighted by Crippen LogP contribution is 2.25. The molecule has 0 aliphatic carbocycles. The van der Waals surface area contributed by atoms with Crippen molar-refractivity contribution in [3.63, 3.8) is 0 Å². The lowest BCUT2D eigenvalue weighted by Crippen LogP contribution is -2.15. The van der Waals surface area contributed by atoms with Crippen LogP contribution in [0.4, 0.5) is 0 Å². The minimum Gasteiger partial charge on any atom is -0.504 e. The second-order valence-electron chi connectivity index (χ2n) is 6.65. The van der Waals surface area contributed by atoms with Crippen molar-refractivity contribution < 1.29 is 38.7 Å². The first-order chi connectivity index (χ1) is 15.5. The van der Waals surface area contributed by atoms with Gasteiger partial charge in [-0.05, 0) is 35.4 Å². The number of hydrogen-bond acceptors (Lipinski definition) is 8. The first-order valence-corrected chi connectivity index (χ1v) is 9.72. The molecule has 8 heteroatoms. The average Bonchev–Trinajstić information content (AvgIpc) is 2.81. The van der Waals surface area contributed by atoms with Crippen LogP contribution in [0.1, 0.15) is 11.1 Å². The van der Waals surface area contributed by atoms with Gasteiger partial charge in [-0.2, -0.15) is 0 Å². The molecule has 166 valence electrons. The van der Waals surface area contributed by atoms with Crippen LogP contribution in [0.3, 0.4) is 0 Å².